The summed E-state index contributed by atoms with van der Waals surface area (Å²) in [4.78, 5) is 0. The Bertz CT molecular complexity index is 107. The van der Waals surface area contributed by atoms with Gasteiger partial charge < -0.3 is 0 Å². The first-order valence-corrected chi connectivity index (χ1v) is 8.79. The molecule has 0 aromatic carbocycles. The van der Waals surface area contributed by atoms with Crippen molar-refractivity contribution in [3.63, 3.8) is 0 Å². The van der Waals surface area contributed by atoms with Crippen LogP contribution < -0.4 is 0 Å². The summed E-state index contributed by atoms with van der Waals surface area (Å²) in [5.41, 5.74) is 0. The molecule has 1 rings (SSSR count). The van der Waals surface area contributed by atoms with Gasteiger partial charge in [-0.3, -0.25) is 0 Å². The molecule has 0 unspecified atom stereocenters. The van der Waals surface area contributed by atoms with Gasteiger partial charge in [0.25, 0.3) is 0 Å². The van der Waals surface area contributed by atoms with Crippen LogP contribution in [0.4, 0.5) is 0 Å². The maximum absolute atomic E-state index is 4.89. The predicted octanol–water partition coefficient (Wildman–Crippen LogP) is 4.05. The third-order valence-electron chi connectivity index (χ3n) is 1.37. The van der Waals surface area contributed by atoms with E-state index in [4.69, 9.17) is 18.8 Å². The third-order valence-corrected chi connectivity index (χ3v) is 1.37. The molecular weight excluding hydrogens is 263 g/mol. The molecule has 0 saturated carbocycles. The fourth-order valence-electron chi connectivity index (χ4n) is 0.874. The molecule has 0 radical (unpaired) electrons. The van der Waals surface area contributed by atoms with Crippen molar-refractivity contribution in [2.75, 3.05) is 0 Å². The van der Waals surface area contributed by atoms with Crippen LogP contribution >= 0.6 is 18.8 Å². The van der Waals surface area contributed by atoms with E-state index in [1.807, 2.05) is 0 Å². The van der Waals surface area contributed by atoms with Crippen LogP contribution in [0.1, 0.15) is 25.7 Å². The van der Waals surface area contributed by atoms with Crippen molar-refractivity contribution in [2.45, 2.75) is 25.7 Å². The molecule has 0 N–H and O–H groups in total. The fourth-order valence-corrected chi connectivity index (χ4v) is 0.874. The van der Waals surface area contributed by atoms with Crippen molar-refractivity contribution < 1.29 is 16.5 Å². The Hall–Kier alpha value is 0.748. The van der Waals surface area contributed by atoms with Crippen molar-refractivity contribution in [2.24, 2.45) is 0 Å². The number of hydrogen-bond acceptors (Lipinski definition) is 0. The van der Waals surface area contributed by atoms with Crippen molar-refractivity contribution in [3.8, 4) is 0 Å². The molecule has 0 saturated heterocycles. The van der Waals surface area contributed by atoms with Gasteiger partial charge in [0.05, 0.1) is 0 Å². The molecule has 0 spiro atoms. The van der Waals surface area contributed by atoms with Gasteiger partial charge in [0.1, 0.15) is 0 Å². The van der Waals surface area contributed by atoms with E-state index in [-0.39, 0.29) is 0 Å². The van der Waals surface area contributed by atoms with E-state index in [0.29, 0.717) is 0 Å². The Labute approximate surface area is 85.0 Å². The third kappa shape index (κ3) is 10.7. The van der Waals surface area contributed by atoms with E-state index in [0.717, 1.165) is 0 Å². The van der Waals surface area contributed by atoms with Gasteiger partial charge in [0.2, 0.25) is 0 Å². The molecular formula is C8H12Cl2Mo. The molecule has 1 aliphatic carbocycles. The first-order chi connectivity index (χ1) is 5.41. The molecule has 0 bridgehead atoms. The van der Waals surface area contributed by atoms with Crippen LogP contribution in [-0.4, -0.2) is 0 Å². The monoisotopic (exact) mass is 276 g/mol. The summed E-state index contributed by atoms with van der Waals surface area (Å²) >= 11 is -0.586. The minimum atomic E-state index is -0.586. The molecule has 0 atom stereocenters. The van der Waals surface area contributed by atoms with Crippen molar-refractivity contribution in [3.05, 3.63) is 24.3 Å². The molecule has 0 amide bonds. The van der Waals surface area contributed by atoms with E-state index in [1.165, 1.54) is 25.7 Å². The number of allylic oxidation sites excluding steroid dienone is 4. The zero-order valence-corrected chi connectivity index (χ0v) is 9.82. The average Bonchev–Trinajstić information content (AvgIpc) is 1.86. The van der Waals surface area contributed by atoms with Crippen LogP contribution in [0.25, 0.3) is 0 Å². The summed E-state index contributed by atoms with van der Waals surface area (Å²) in [6, 6.07) is 0. The molecule has 0 aromatic heterocycles. The first-order valence-electron chi connectivity index (χ1n) is 3.63. The Morgan fingerprint density at radius 3 is 1.64 bits per heavy atom. The molecule has 64 valence electrons. The van der Waals surface area contributed by atoms with Gasteiger partial charge in [-0.1, -0.05) is 24.3 Å². The molecule has 0 heterocycles. The summed E-state index contributed by atoms with van der Waals surface area (Å²) in [7, 11) is 9.79. The Balaban J connectivity index is 0.000000292. The summed E-state index contributed by atoms with van der Waals surface area (Å²) in [5, 5.41) is 0. The van der Waals surface area contributed by atoms with Crippen LogP contribution in [0.5, 0.6) is 0 Å². The molecule has 1 aliphatic rings. The SMILES string of the molecule is C1=CCCCCC=C1.[Cl][Mo][Cl]. The van der Waals surface area contributed by atoms with Gasteiger partial charge in [0, 0.05) is 0 Å². The van der Waals surface area contributed by atoms with E-state index >= 15 is 0 Å². The van der Waals surface area contributed by atoms with Gasteiger partial charge in [-0.15, -0.1) is 0 Å². The maximum atomic E-state index is 4.89. The first kappa shape index (κ1) is 11.7. The fraction of sp³-hybridized carbons (Fsp3) is 0.500. The normalized spacial score (nSPS) is 16.2. The summed E-state index contributed by atoms with van der Waals surface area (Å²) in [6.45, 7) is 0. The second-order valence-electron chi connectivity index (χ2n) is 2.20. The second kappa shape index (κ2) is 10.7. The Morgan fingerprint density at radius 2 is 1.27 bits per heavy atom. The zero-order valence-electron chi connectivity index (χ0n) is 6.30. The van der Waals surface area contributed by atoms with Crippen molar-refractivity contribution in [1.82, 2.24) is 0 Å². The number of rotatable bonds is 0. The van der Waals surface area contributed by atoms with E-state index < -0.39 is 16.5 Å². The predicted molar refractivity (Wildman–Crippen MR) is 48.5 cm³/mol. The molecule has 3 heteroatoms. The second-order valence-corrected chi connectivity index (χ2v) is 5.25. The summed E-state index contributed by atoms with van der Waals surface area (Å²) in [6.07, 6.45) is 14.0. The van der Waals surface area contributed by atoms with Crippen molar-refractivity contribution >= 4 is 18.8 Å². The Kier molecular flexibility index (Phi) is 11.5. The molecule has 0 aliphatic heterocycles. The average molecular weight is 275 g/mol. The van der Waals surface area contributed by atoms with Crippen LogP contribution in [-0.2, 0) is 16.5 Å². The van der Waals surface area contributed by atoms with Gasteiger partial charge >= 0.3 is 35.3 Å². The van der Waals surface area contributed by atoms with E-state index in [1.54, 1.807) is 0 Å². The molecule has 0 nitrogen and oxygen atoms in total. The Morgan fingerprint density at radius 1 is 0.909 bits per heavy atom. The van der Waals surface area contributed by atoms with Crippen LogP contribution in [0.15, 0.2) is 24.3 Å². The number of halogens is 2. The molecule has 0 aromatic rings. The van der Waals surface area contributed by atoms with Crippen LogP contribution in [0.3, 0.4) is 0 Å². The van der Waals surface area contributed by atoms with Gasteiger partial charge in [-0.05, 0) is 25.7 Å². The summed E-state index contributed by atoms with van der Waals surface area (Å²) in [5.74, 6) is 0. The van der Waals surface area contributed by atoms with Gasteiger partial charge in [-0.2, -0.15) is 0 Å². The number of hydrogen-bond donors (Lipinski definition) is 0. The van der Waals surface area contributed by atoms with E-state index in [2.05, 4.69) is 24.3 Å². The summed E-state index contributed by atoms with van der Waals surface area (Å²) < 4.78 is 0. The topological polar surface area (TPSA) is 0 Å². The van der Waals surface area contributed by atoms with Crippen molar-refractivity contribution in [1.29, 1.82) is 0 Å². The van der Waals surface area contributed by atoms with Crippen LogP contribution in [0, 0.1) is 0 Å². The van der Waals surface area contributed by atoms with E-state index in [9.17, 15) is 0 Å². The van der Waals surface area contributed by atoms with Gasteiger partial charge in [0.15, 0.2) is 0 Å². The van der Waals surface area contributed by atoms with Crippen LogP contribution in [0.2, 0.25) is 0 Å². The standard InChI is InChI=1S/C8H12.2ClH.Mo/c1-2-4-6-8-7-5-3-1;;;/h1-4H,5-8H2;2*1H;/q;;;+2/p-2. The quantitative estimate of drug-likeness (QED) is 0.585. The zero-order chi connectivity index (χ0) is 8.36. The van der Waals surface area contributed by atoms with Gasteiger partial charge in [-0.25, -0.2) is 0 Å². The minimum absolute atomic E-state index is 0.586. The molecule has 11 heavy (non-hydrogen) atoms. The molecule has 0 fully saturated rings.